The molecule has 0 saturated heterocycles. The maximum Gasteiger partial charge on any atom is 0.119 e. The molecule has 0 fully saturated rings. The first-order valence-corrected chi connectivity index (χ1v) is 5.36. The van der Waals surface area contributed by atoms with Gasteiger partial charge >= 0.3 is 0 Å². The van der Waals surface area contributed by atoms with Crippen LogP contribution in [-0.4, -0.2) is 24.4 Å². The van der Waals surface area contributed by atoms with Crippen LogP contribution in [0.15, 0.2) is 24.3 Å². The first-order valence-electron chi connectivity index (χ1n) is 5.36. The third kappa shape index (κ3) is 4.32. The molecule has 3 nitrogen and oxygen atoms in total. The van der Waals surface area contributed by atoms with Crippen LogP contribution < -0.4 is 10.5 Å². The van der Waals surface area contributed by atoms with Gasteiger partial charge in [0.25, 0.3) is 0 Å². The number of aryl methyl sites for hydroxylation is 1. The molecule has 0 aliphatic heterocycles. The van der Waals surface area contributed by atoms with Crippen molar-refractivity contribution in [3.63, 3.8) is 0 Å². The summed E-state index contributed by atoms with van der Waals surface area (Å²) in [7, 11) is 0. The molecule has 0 spiro atoms. The predicted molar refractivity (Wildman–Crippen MR) is 61.0 cm³/mol. The van der Waals surface area contributed by atoms with E-state index in [1.807, 2.05) is 24.3 Å². The van der Waals surface area contributed by atoms with Crippen molar-refractivity contribution in [2.24, 2.45) is 5.73 Å². The van der Waals surface area contributed by atoms with Gasteiger partial charge < -0.3 is 15.6 Å². The topological polar surface area (TPSA) is 55.5 Å². The van der Waals surface area contributed by atoms with E-state index in [1.165, 1.54) is 5.56 Å². The van der Waals surface area contributed by atoms with Crippen LogP contribution in [0.3, 0.4) is 0 Å². The van der Waals surface area contributed by atoms with Crippen molar-refractivity contribution in [1.82, 2.24) is 0 Å². The minimum atomic E-state index is -0.471. The lowest BCUT2D eigenvalue weighted by Gasteiger charge is -2.11. The number of benzene rings is 1. The summed E-state index contributed by atoms with van der Waals surface area (Å²) < 4.78 is 5.41. The summed E-state index contributed by atoms with van der Waals surface area (Å²) in [5, 5.41) is 9.41. The average molecular weight is 209 g/mol. The van der Waals surface area contributed by atoms with Crippen molar-refractivity contribution >= 4 is 0 Å². The quantitative estimate of drug-likeness (QED) is 0.743. The SMILES string of the molecule is CCc1ccc(OCC(O)CCN)cc1. The zero-order valence-electron chi connectivity index (χ0n) is 9.15. The van der Waals surface area contributed by atoms with Gasteiger partial charge in [-0.1, -0.05) is 19.1 Å². The van der Waals surface area contributed by atoms with Crippen molar-refractivity contribution < 1.29 is 9.84 Å². The molecule has 0 saturated carbocycles. The molecule has 0 aromatic heterocycles. The van der Waals surface area contributed by atoms with Crippen LogP contribution in [0, 0.1) is 0 Å². The number of rotatable bonds is 6. The van der Waals surface area contributed by atoms with Gasteiger partial charge in [0.1, 0.15) is 12.4 Å². The average Bonchev–Trinajstić information content (AvgIpc) is 2.27. The number of hydrogen-bond acceptors (Lipinski definition) is 3. The molecule has 0 aliphatic rings. The molecular formula is C12H19NO2. The third-order valence-electron chi connectivity index (χ3n) is 2.27. The molecule has 15 heavy (non-hydrogen) atoms. The summed E-state index contributed by atoms with van der Waals surface area (Å²) in [6.45, 7) is 2.91. The van der Waals surface area contributed by atoms with Crippen LogP contribution in [0.2, 0.25) is 0 Å². The largest absolute Gasteiger partial charge is 0.491 e. The van der Waals surface area contributed by atoms with Gasteiger partial charge in [-0.2, -0.15) is 0 Å². The second kappa shape index (κ2) is 6.43. The summed E-state index contributed by atoms with van der Waals surface area (Å²) in [4.78, 5) is 0. The Labute approximate surface area is 90.9 Å². The zero-order chi connectivity index (χ0) is 11.1. The molecule has 1 rings (SSSR count). The summed E-state index contributed by atoms with van der Waals surface area (Å²) in [5.41, 5.74) is 6.60. The Hall–Kier alpha value is -1.06. The van der Waals surface area contributed by atoms with Gasteiger partial charge in [0.15, 0.2) is 0 Å². The van der Waals surface area contributed by atoms with Gasteiger partial charge in [-0.15, -0.1) is 0 Å². The van der Waals surface area contributed by atoms with E-state index >= 15 is 0 Å². The van der Waals surface area contributed by atoms with E-state index in [2.05, 4.69) is 6.92 Å². The lowest BCUT2D eigenvalue weighted by atomic mass is 10.2. The fourth-order valence-electron chi connectivity index (χ4n) is 1.29. The molecule has 0 radical (unpaired) electrons. The highest BCUT2D eigenvalue weighted by atomic mass is 16.5. The monoisotopic (exact) mass is 209 g/mol. The molecule has 0 heterocycles. The third-order valence-corrected chi connectivity index (χ3v) is 2.27. The number of ether oxygens (including phenoxy) is 1. The molecule has 0 aliphatic carbocycles. The Bertz CT molecular complexity index is 271. The molecule has 1 aromatic rings. The van der Waals surface area contributed by atoms with Crippen LogP contribution in [0.5, 0.6) is 5.75 Å². The van der Waals surface area contributed by atoms with Gasteiger partial charge in [0, 0.05) is 0 Å². The van der Waals surface area contributed by atoms with Crippen molar-refractivity contribution in [3.8, 4) is 5.75 Å². The number of aliphatic hydroxyl groups is 1. The van der Waals surface area contributed by atoms with Crippen LogP contribution in [0.4, 0.5) is 0 Å². The fraction of sp³-hybridized carbons (Fsp3) is 0.500. The van der Waals surface area contributed by atoms with Gasteiger partial charge in [-0.05, 0) is 37.1 Å². The second-order valence-corrected chi connectivity index (χ2v) is 3.54. The molecule has 3 N–H and O–H groups in total. The maximum absolute atomic E-state index is 9.41. The van der Waals surface area contributed by atoms with E-state index in [1.54, 1.807) is 0 Å². The van der Waals surface area contributed by atoms with Crippen molar-refractivity contribution in [1.29, 1.82) is 0 Å². The molecule has 1 unspecified atom stereocenters. The molecule has 0 amide bonds. The van der Waals surface area contributed by atoms with E-state index in [-0.39, 0.29) is 0 Å². The second-order valence-electron chi connectivity index (χ2n) is 3.54. The molecule has 3 heteroatoms. The first-order chi connectivity index (χ1) is 7.26. The number of nitrogens with two attached hydrogens (primary N) is 1. The number of hydrogen-bond donors (Lipinski definition) is 2. The van der Waals surface area contributed by atoms with E-state index in [9.17, 15) is 5.11 Å². The Balaban J connectivity index is 2.37. The smallest absolute Gasteiger partial charge is 0.119 e. The highest BCUT2D eigenvalue weighted by molar-refractivity contribution is 5.27. The Kier molecular flexibility index (Phi) is 5.15. The number of aliphatic hydroxyl groups excluding tert-OH is 1. The van der Waals surface area contributed by atoms with Crippen LogP contribution in [0.1, 0.15) is 18.9 Å². The summed E-state index contributed by atoms with van der Waals surface area (Å²) in [6, 6.07) is 7.91. The Morgan fingerprint density at radius 1 is 1.33 bits per heavy atom. The van der Waals surface area contributed by atoms with Crippen LogP contribution in [-0.2, 0) is 6.42 Å². The molecule has 0 bridgehead atoms. The Morgan fingerprint density at radius 3 is 2.53 bits per heavy atom. The minimum Gasteiger partial charge on any atom is -0.491 e. The van der Waals surface area contributed by atoms with Crippen LogP contribution >= 0.6 is 0 Å². The van der Waals surface area contributed by atoms with E-state index < -0.39 is 6.10 Å². The fourth-order valence-corrected chi connectivity index (χ4v) is 1.29. The maximum atomic E-state index is 9.41. The minimum absolute atomic E-state index is 0.308. The highest BCUT2D eigenvalue weighted by Gasteiger charge is 2.03. The van der Waals surface area contributed by atoms with E-state index in [4.69, 9.17) is 10.5 Å². The lowest BCUT2D eigenvalue weighted by molar-refractivity contribution is 0.102. The molecular weight excluding hydrogens is 190 g/mol. The molecule has 84 valence electrons. The van der Waals surface area contributed by atoms with Crippen LogP contribution in [0.25, 0.3) is 0 Å². The standard InChI is InChI=1S/C12H19NO2/c1-2-10-3-5-12(6-4-10)15-9-11(14)7-8-13/h3-6,11,14H,2,7-9,13H2,1H3. The normalized spacial score (nSPS) is 12.5. The predicted octanol–water partition coefficient (Wildman–Crippen LogP) is 1.34. The zero-order valence-corrected chi connectivity index (χ0v) is 9.15. The van der Waals surface area contributed by atoms with E-state index in [0.717, 1.165) is 12.2 Å². The highest BCUT2D eigenvalue weighted by Crippen LogP contribution is 2.12. The van der Waals surface area contributed by atoms with Gasteiger partial charge in [-0.3, -0.25) is 0 Å². The molecule has 1 atom stereocenters. The van der Waals surface area contributed by atoms with Crippen molar-refractivity contribution in [2.75, 3.05) is 13.2 Å². The summed E-state index contributed by atoms with van der Waals surface area (Å²) in [5.74, 6) is 0.795. The lowest BCUT2D eigenvalue weighted by Crippen LogP contribution is -2.21. The van der Waals surface area contributed by atoms with E-state index in [0.29, 0.717) is 19.6 Å². The first kappa shape index (κ1) is 12.0. The Morgan fingerprint density at radius 2 is 2.00 bits per heavy atom. The van der Waals surface area contributed by atoms with Crippen molar-refractivity contribution in [3.05, 3.63) is 29.8 Å². The van der Waals surface area contributed by atoms with Gasteiger partial charge in [-0.25, -0.2) is 0 Å². The summed E-state index contributed by atoms with van der Waals surface area (Å²) in [6.07, 6.45) is 1.13. The molecule has 1 aromatic carbocycles. The summed E-state index contributed by atoms with van der Waals surface area (Å²) >= 11 is 0. The van der Waals surface area contributed by atoms with Gasteiger partial charge in [0.2, 0.25) is 0 Å². The van der Waals surface area contributed by atoms with Crippen molar-refractivity contribution in [2.45, 2.75) is 25.9 Å². The van der Waals surface area contributed by atoms with Gasteiger partial charge in [0.05, 0.1) is 6.10 Å².